The van der Waals surface area contributed by atoms with Crippen molar-refractivity contribution >= 4 is 44.8 Å². The Balaban J connectivity index is 1.71. The van der Waals surface area contributed by atoms with Crippen molar-refractivity contribution in [3.8, 4) is 0 Å². The molecule has 1 atom stereocenters. The molecular formula is C30H33ClN4O6S. The van der Waals surface area contributed by atoms with Crippen LogP contribution in [0.2, 0.25) is 5.02 Å². The molecule has 0 unspecified atom stereocenters. The van der Waals surface area contributed by atoms with Crippen molar-refractivity contribution in [3.63, 3.8) is 0 Å². The van der Waals surface area contributed by atoms with Crippen LogP contribution in [0.1, 0.15) is 44.6 Å². The van der Waals surface area contributed by atoms with Crippen LogP contribution in [0.15, 0.2) is 83.8 Å². The first-order valence-electron chi connectivity index (χ1n) is 13.7. The summed E-state index contributed by atoms with van der Waals surface area (Å²) < 4.78 is 28.5. The molecule has 2 amide bonds. The zero-order valence-corrected chi connectivity index (χ0v) is 24.8. The standard InChI is InChI=1S/C30H33ClN4O6S/c1-22(30(37)32-24-12-4-2-5-13-24)33(20-23-11-8-9-18-28(23)31)29(36)21-34(25-14-10-15-26(19-25)35(38)39)42(40,41)27-16-6-3-7-17-27/h3,6-11,14-19,22,24H,2,4-5,12-13,20-21H2,1H3,(H,32,37)/t22-/m1/s1. The predicted molar refractivity (Wildman–Crippen MR) is 161 cm³/mol. The smallest absolute Gasteiger partial charge is 0.271 e. The number of nitro benzene ring substituents is 1. The molecule has 0 aromatic heterocycles. The third-order valence-corrected chi connectivity index (χ3v) is 9.51. The van der Waals surface area contributed by atoms with E-state index in [2.05, 4.69) is 5.32 Å². The Bertz CT molecular complexity index is 1530. The number of nitro groups is 1. The molecule has 0 saturated heterocycles. The summed E-state index contributed by atoms with van der Waals surface area (Å²) in [5, 5.41) is 14.9. The molecule has 0 radical (unpaired) electrons. The first kappa shape index (κ1) is 31.0. The summed E-state index contributed by atoms with van der Waals surface area (Å²) >= 11 is 6.41. The summed E-state index contributed by atoms with van der Waals surface area (Å²) in [6.07, 6.45) is 4.84. The number of benzene rings is 3. The maximum absolute atomic E-state index is 14.0. The number of nitrogens with one attached hydrogen (secondary N) is 1. The Labute approximate surface area is 250 Å². The highest BCUT2D eigenvalue weighted by Crippen LogP contribution is 2.28. The zero-order valence-electron chi connectivity index (χ0n) is 23.2. The lowest BCUT2D eigenvalue weighted by molar-refractivity contribution is -0.384. The molecule has 42 heavy (non-hydrogen) atoms. The van der Waals surface area contributed by atoms with Crippen LogP contribution in [0.4, 0.5) is 11.4 Å². The van der Waals surface area contributed by atoms with Crippen LogP contribution in [0.3, 0.4) is 0 Å². The van der Waals surface area contributed by atoms with Crippen LogP contribution < -0.4 is 9.62 Å². The number of carbonyl (C=O) groups is 2. The van der Waals surface area contributed by atoms with Gasteiger partial charge in [-0.2, -0.15) is 0 Å². The van der Waals surface area contributed by atoms with Gasteiger partial charge in [-0.05, 0) is 49.6 Å². The largest absolute Gasteiger partial charge is 0.352 e. The Morgan fingerprint density at radius 1 is 1.00 bits per heavy atom. The number of anilines is 1. The van der Waals surface area contributed by atoms with E-state index in [0.29, 0.717) is 10.6 Å². The molecule has 0 heterocycles. The van der Waals surface area contributed by atoms with E-state index < -0.39 is 33.4 Å². The molecule has 12 heteroatoms. The van der Waals surface area contributed by atoms with Gasteiger partial charge in [-0.15, -0.1) is 0 Å². The van der Waals surface area contributed by atoms with Gasteiger partial charge in [-0.1, -0.05) is 73.3 Å². The van der Waals surface area contributed by atoms with Gasteiger partial charge in [-0.25, -0.2) is 8.42 Å². The van der Waals surface area contributed by atoms with Crippen LogP contribution in [-0.2, 0) is 26.2 Å². The second-order valence-electron chi connectivity index (χ2n) is 10.2. The van der Waals surface area contributed by atoms with Crippen molar-refractivity contribution in [3.05, 3.63) is 99.6 Å². The van der Waals surface area contributed by atoms with Gasteiger partial charge in [0.15, 0.2) is 0 Å². The van der Waals surface area contributed by atoms with Crippen LogP contribution in [0.25, 0.3) is 0 Å². The van der Waals surface area contributed by atoms with Crippen LogP contribution >= 0.6 is 11.6 Å². The Morgan fingerprint density at radius 2 is 1.67 bits per heavy atom. The number of nitrogens with zero attached hydrogens (tertiary/aromatic N) is 3. The van der Waals surface area contributed by atoms with Crippen molar-refractivity contribution in [1.82, 2.24) is 10.2 Å². The minimum Gasteiger partial charge on any atom is -0.352 e. The van der Waals surface area contributed by atoms with E-state index in [4.69, 9.17) is 11.6 Å². The molecule has 222 valence electrons. The molecular weight excluding hydrogens is 580 g/mol. The molecule has 1 aliphatic rings. The van der Waals surface area contributed by atoms with E-state index in [1.807, 2.05) is 0 Å². The molecule has 4 rings (SSSR count). The normalized spacial score (nSPS) is 14.5. The third kappa shape index (κ3) is 7.46. The van der Waals surface area contributed by atoms with Gasteiger partial charge in [0.2, 0.25) is 11.8 Å². The number of amides is 2. The van der Waals surface area contributed by atoms with Crippen LogP contribution in [-0.4, -0.2) is 48.7 Å². The molecule has 3 aromatic rings. The van der Waals surface area contributed by atoms with E-state index >= 15 is 0 Å². The Hall–Kier alpha value is -3.96. The Kier molecular flexibility index (Phi) is 10.2. The fourth-order valence-corrected chi connectivity index (χ4v) is 6.59. The van der Waals surface area contributed by atoms with Crippen molar-refractivity contribution in [1.29, 1.82) is 0 Å². The number of rotatable bonds is 11. The molecule has 1 aliphatic carbocycles. The maximum Gasteiger partial charge on any atom is 0.271 e. The molecule has 0 bridgehead atoms. The molecule has 1 fully saturated rings. The average Bonchev–Trinajstić information content (AvgIpc) is 3.00. The SMILES string of the molecule is C[C@H](C(=O)NC1CCCCC1)N(Cc1ccccc1Cl)C(=O)CN(c1cccc([N+](=O)[O-])c1)S(=O)(=O)c1ccccc1. The third-order valence-electron chi connectivity index (χ3n) is 7.36. The highest BCUT2D eigenvalue weighted by Gasteiger charge is 2.34. The number of sulfonamides is 1. The highest BCUT2D eigenvalue weighted by atomic mass is 35.5. The first-order chi connectivity index (χ1) is 20.1. The van der Waals surface area contributed by atoms with Gasteiger partial charge in [0.1, 0.15) is 12.6 Å². The van der Waals surface area contributed by atoms with Crippen molar-refractivity contribution in [2.24, 2.45) is 0 Å². The van der Waals surface area contributed by atoms with Gasteiger partial charge < -0.3 is 10.2 Å². The molecule has 0 spiro atoms. The monoisotopic (exact) mass is 612 g/mol. The van der Waals surface area contributed by atoms with E-state index in [9.17, 15) is 28.1 Å². The van der Waals surface area contributed by atoms with E-state index in [1.54, 1.807) is 49.4 Å². The van der Waals surface area contributed by atoms with Gasteiger partial charge in [0.05, 0.1) is 15.5 Å². The number of hydrogen-bond donors (Lipinski definition) is 1. The van der Waals surface area contributed by atoms with E-state index in [0.717, 1.165) is 42.5 Å². The summed E-state index contributed by atoms with van der Waals surface area (Å²) in [5.74, 6) is -1.03. The van der Waals surface area contributed by atoms with Crippen molar-refractivity contribution in [2.45, 2.75) is 62.6 Å². The minimum atomic E-state index is -4.34. The lowest BCUT2D eigenvalue weighted by atomic mass is 9.95. The van der Waals surface area contributed by atoms with Crippen molar-refractivity contribution in [2.75, 3.05) is 10.8 Å². The second-order valence-corrected chi connectivity index (χ2v) is 12.5. The molecule has 0 aliphatic heterocycles. The summed E-state index contributed by atoms with van der Waals surface area (Å²) in [5.41, 5.74) is 0.192. The first-order valence-corrected chi connectivity index (χ1v) is 15.5. The van der Waals surface area contributed by atoms with Gasteiger partial charge in [0, 0.05) is 29.7 Å². The molecule has 3 aromatic carbocycles. The zero-order chi connectivity index (χ0) is 30.3. The van der Waals surface area contributed by atoms with E-state index in [-0.39, 0.29) is 34.8 Å². The van der Waals surface area contributed by atoms with Gasteiger partial charge in [-0.3, -0.25) is 24.0 Å². The summed E-state index contributed by atoms with van der Waals surface area (Å²) in [7, 11) is -4.34. The molecule has 1 N–H and O–H groups in total. The second kappa shape index (κ2) is 13.8. The number of carbonyl (C=O) groups excluding carboxylic acids is 2. The fraction of sp³-hybridized carbons (Fsp3) is 0.333. The predicted octanol–water partition coefficient (Wildman–Crippen LogP) is 5.31. The van der Waals surface area contributed by atoms with Gasteiger partial charge in [0.25, 0.3) is 15.7 Å². The average molecular weight is 613 g/mol. The van der Waals surface area contributed by atoms with Crippen LogP contribution in [0, 0.1) is 10.1 Å². The lowest BCUT2D eigenvalue weighted by Crippen LogP contribution is -2.53. The number of halogens is 1. The highest BCUT2D eigenvalue weighted by molar-refractivity contribution is 7.92. The lowest BCUT2D eigenvalue weighted by Gasteiger charge is -2.33. The summed E-state index contributed by atoms with van der Waals surface area (Å²) in [4.78, 5) is 39.5. The number of non-ortho nitro benzene ring substituents is 1. The molecule has 10 nitrogen and oxygen atoms in total. The van der Waals surface area contributed by atoms with Crippen LogP contribution in [0.5, 0.6) is 0 Å². The maximum atomic E-state index is 14.0. The van der Waals surface area contributed by atoms with Crippen molar-refractivity contribution < 1.29 is 22.9 Å². The summed E-state index contributed by atoms with van der Waals surface area (Å²) in [6.45, 7) is 0.839. The summed E-state index contributed by atoms with van der Waals surface area (Å²) in [6, 6.07) is 18.5. The quantitative estimate of drug-likeness (QED) is 0.231. The minimum absolute atomic E-state index is 0.00536. The number of hydrogen-bond acceptors (Lipinski definition) is 6. The van der Waals surface area contributed by atoms with E-state index in [1.165, 1.54) is 35.2 Å². The molecule has 1 saturated carbocycles. The Morgan fingerprint density at radius 3 is 2.33 bits per heavy atom. The topological polar surface area (TPSA) is 130 Å². The van der Waals surface area contributed by atoms with Gasteiger partial charge >= 0.3 is 0 Å². The fourth-order valence-electron chi connectivity index (χ4n) is 4.97.